The second-order valence-corrected chi connectivity index (χ2v) is 3.82. The van der Waals surface area contributed by atoms with E-state index in [0.29, 0.717) is 22.6 Å². The Kier molecular flexibility index (Phi) is 2.82. The first-order valence-electron chi connectivity index (χ1n) is 4.62. The average Bonchev–Trinajstić information content (AvgIpc) is 2.55. The number of benzene rings is 1. The van der Waals surface area contributed by atoms with E-state index in [1.54, 1.807) is 11.6 Å². The number of hydrogen-bond acceptors (Lipinski definition) is 2. The molecule has 0 unspecified atom stereocenters. The van der Waals surface area contributed by atoms with Crippen molar-refractivity contribution in [2.24, 2.45) is 7.05 Å². The van der Waals surface area contributed by atoms with Crippen LogP contribution in [0.3, 0.4) is 0 Å². The highest BCUT2D eigenvalue weighted by atomic mass is 32.1. The minimum atomic E-state index is -0.853. The molecule has 1 aromatic carbocycles. The Hall–Kier alpha value is -1.56. The minimum absolute atomic E-state index is 0.404. The Morgan fingerprint density at radius 3 is 2.69 bits per heavy atom. The van der Waals surface area contributed by atoms with Crippen molar-refractivity contribution >= 4 is 12.2 Å². The molecule has 84 valence electrons. The molecule has 3 nitrogen and oxygen atoms in total. The van der Waals surface area contributed by atoms with Crippen LogP contribution in [0.2, 0.25) is 0 Å². The Morgan fingerprint density at radius 2 is 2.12 bits per heavy atom. The fraction of sp³-hybridized carbons (Fsp3) is 0.200. The van der Waals surface area contributed by atoms with Gasteiger partial charge in [0, 0.05) is 13.5 Å². The third-order valence-corrected chi connectivity index (χ3v) is 2.68. The van der Waals surface area contributed by atoms with Crippen molar-refractivity contribution in [3.05, 3.63) is 46.0 Å². The maximum atomic E-state index is 13.0. The van der Waals surface area contributed by atoms with Crippen molar-refractivity contribution in [3.63, 3.8) is 0 Å². The van der Waals surface area contributed by atoms with Crippen LogP contribution in [0.5, 0.6) is 0 Å². The average molecular weight is 241 g/mol. The van der Waals surface area contributed by atoms with Crippen LogP contribution in [0, 0.1) is 16.4 Å². The molecule has 0 spiro atoms. The van der Waals surface area contributed by atoms with E-state index in [0.717, 1.165) is 12.1 Å². The molecular weight excluding hydrogens is 232 g/mol. The molecule has 6 heteroatoms. The highest BCUT2D eigenvalue weighted by molar-refractivity contribution is 7.71. The maximum absolute atomic E-state index is 13.0. The number of hydrogen-bond donors (Lipinski definition) is 1. The maximum Gasteiger partial charge on any atom is 0.194 e. The van der Waals surface area contributed by atoms with Gasteiger partial charge in [-0.3, -0.25) is 5.10 Å². The molecule has 0 radical (unpaired) electrons. The van der Waals surface area contributed by atoms with Crippen molar-refractivity contribution in [3.8, 4) is 0 Å². The molecule has 0 atom stereocenters. The van der Waals surface area contributed by atoms with Crippen molar-refractivity contribution in [1.29, 1.82) is 0 Å². The van der Waals surface area contributed by atoms with E-state index in [4.69, 9.17) is 12.2 Å². The number of aromatic amines is 1. The zero-order chi connectivity index (χ0) is 11.7. The number of rotatable bonds is 2. The highest BCUT2D eigenvalue weighted by Gasteiger charge is 2.06. The van der Waals surface area contributed by atoms with Gasteiger partial charge in [0.25, 0.3) is 0 Å². The lowest BCUT2D eigenvalue weighted by atomic mass is 10.1. The molecule has 16 heavy (non-hydrogen) atoms. The smallest absolute Gasteiger partial charge is 0.194 e. The van der Waals surface area contributed by atoms with Crippen molar-refractivity contribution in [2.75, 3.05) is 0 Å². The van der Waals surface area contributed by atoms with Gasteiger partial charge >= 0.3 is 0 Å². The van der Waals surface area contributed by atoms with Crippen LogP contribution in [0.15, 0.2) is 18.2 Å². The Balaban J connectivity index is 2.31. The molecule has 0 bridgehead atoms. The van der Waals surface area contributed by atoms with Crippen molar-refractivity contribution < 1.29 is 8.78 Å². The van der Waals surface area contributed by atoms with E-state index >= 15 is 0 Å². The first kappa shape index (κ1) is 10.9. The summed E-state index contributed by atoms with van der Waals surface area (Å²) in [5.41, 5.74) is 0.649. The van der Waals surface area contributed by atoms with Gasteiger partial charge in [0.1, 0.15) is 5.82 Å². The first-order chi connectivity index (χ1) is 7.58. The zero-order valence-electron chi connectivity index (χ0n) is 8.50. The van der Waals surface area contributed by atoms with E-state index in [9.17, 15) is 8.78 Å². The standard InChI is InChI=1S/C10H9F2N3S/c1-15-9(13-14-10(15)16)5-6-2-3-7(11)8(12)4-6/h2-4H,5H2,1H3,(H,14,16). The molecule has 1 aromatic heterocycles. The third-order valence-electron chi connectivity index (χ3n) is 2.32. The molecule has 0 fully saturated rings. The van der Waals surface area contributed by atoms with Crippen LogP contribution in [0.25, 0.3) is 0 Å². The summed E-state index contributed by atoms with van der Waals surface area (Å²) in [4.78, 5) is 0. The summed E-state index contributed by atoms with van der Waals surface area (Å²) >= 11 is 4.95. The Morgan fingerprint density at radius 1 is 1.38 bits per heavy atom. The summed E-state index contributed by atoms with van der Waals surface area (Å²) in [6, 6.07) is 3.79. The van der Waals surface area contributed by atoms with Gasteiger partial charge in [-0.1, -0.05) is 6.07 Å². The lowest BCUT2D eigenvalue weighted by molar-refractivity contribution is 0.507. The summed E-state index contributed by atoms with van der Waals surface area (Å²) in [5.74, 6) is -1.02. The highest BCUT2D eigenvalue weighted by Crippen LogP contribution is 2.11. The van der Waals surface area contributed by atoms with Gasteiger partial charge in [0.15, 0.2) is 16.4 Å². The zero-order valence-corrected chi connectivity index (χ0v) is 9.31. The first-order valence-corrected chi connectivity index (χ1v) is 5.03. The van der Waals surface area contributed by atoms with E-state index in [1.807, 2.05) is 0 Å². The number of nitrogens with zero attached hydrogens (tertiary/aromatic N) is 2. The Bertz CT molecular complexity index is 574. The lowest BCUT2D eigenvalue weighted by Gasteiger charge is -2.01. The van der Waals surface area contributed by atoms with Gasteiger partial charge in [0.05, 0.1) is 0 Å². The van der Waals surface area contributed by atoms with Crippen LogP contribution in [-0.4, -0.2) is 14.8 Å². The number of aromatic nitrogens is 3. The predicted molar refractivity (Wildman–Crippen MR) is 57.6 cm³/mol. The molecule has 0 amide bonds. The fourth-order valence-electron chi connectivity index (χ4n) is 1.37. The number of nitrogens with one attached hydrogen (secondary N) is 1. The summed E-state index contributed by atoms with van der Waals surface area (Å²) < 4.78 is 27.8. The van der Waals surface area contributed by atoms with Gasteiger partial charge in [-0.15, -0.1) is 0 Å². The van der Waals surface area contributed by atoms with Crippen LogP contribution in [0.4, 0.5) is 8.78 Å². The van der Waals surface area contributed by atoms with E-state index in [2.05, 4.69) is 10.2 Å². The molecule has 0 aliphatic rings. The summed E-state index contributed by atoms with van der Waals surface area (Å²) in [6.45, 7) is 0. The van der Waals surface area contributed by atoms with Gasteiger partial charge in [-0.2, -0.15) is 5.10 Å². The minimum Gasteiger partial charge on any atom is -0.307 e. The summed E-state index contributed by atoms with van der Waals surface area (Å²) in [6.07, 6.45) is 0.404. The Labute approximate surface area is 95.7 Å². The predicted octanol–water partition coefficient (Wildman–Crippen LogP) is 2.35. The van der Waals surface area contributed by atoms with Gasteiger partial charge < -0.3 is 4.57 Å². The molecule has 1 N–H and O–H groups in total. The van der Waals surface area contributed by atoms with Crippen LogP contribution in [-0.2, 0) is 13.5 Å². The van der Waals surface area contributed by atoms with Crippen LogP contribution < -0.4 is 0 Å². The van der Waals surface area contributed by atoms with Gasteiger partial charge in [-0.05, 0) is 29.9 Å². The second-order valence-electron chi connectivity index (χ2n) is 3.43. The van der Waals surface area contributed by atoms with Crippen LogP contribution in [0.1, 0.15) is 11.4 Å². The lowest BCUT2D eigenvalue weighted by Crippen LogP contribution is -2.00. The molecule has 2 aromatic rings. The third kappa shape index (κ3) is 2.01. The summed E-state index contributed by atoms with van der Waals surface area (Å²) in [5, 5.41) is 6.62. The SMILES string of the molecule is Cn1c(Cc2ccc(F)c(F)c2)n[nH]c1=S. The van der Waals surface area contributed by atoms with E-state index < -0.39 is 11.6 Å². The molecule has 0 aliphatic heterocycles. The molecule has 2 rings (SSSR count). The molecular formula is C10H9F2N3S. The largest absolute Gasteiger partial charge is 0.307 e. The van der Waals surface area contributed by atoms with Gasteiger partial charge in [0.2, 0.25) is 0 Å². The van der Waals surface area contributed by atoms with Gasteiger partial charge in [-0.25, -0.2) is 8.78 Å². The second kappa shape index (κ2) is 4.13. The van der Waals surface area contributed by atoms with E-state index in [-0.39, 0.29) is 0 Å². The monoisotopic (exact) mass is 241 g/mol. The van der Waals surface area contributed by atoms with Crippen molar-refractivity contribution in [1.82, 2.24) is 14.8 Å². The number of halogens is 2. The van der Waals surface area contributed by atoms with Crippen LogP contribution >= 0.6 is 12.2 Å². The quantitative estimate of drug-likeness (QED) is 0.819. The topological polar surface area (TPSA) is 33.6 Å². The molecule has 0 saturated carbocycles. The summed E-state index contributed by atoms with van der Waals surface area (Å²) in [7, 11) is 1.76. The molecule has 0 saturated heterocycles. The number of H-pyrrole nitrogens is 1. The van der Waals surface area contributed by atoms with E-state index in [1.165, 1.54) is 6.07 Å². The molecule has 1 heterocycles. The normalized spacial score (nSPS) is 10.7. The molecule has 0 aliphatic carbocycles. The fourth-order valence-corrected chi connectivity index (χ4v) is 1.52. The van der Waals surface area contributed by atoms with Crippen molar-refractivity contribution in [2.45, 2.75) is 6.42 Å².